The zero-order valence-corrected chi connectivity index (χ0v) is 9.34. The quantitative estimate of drug-likeness (QED) is 0.857. The van der Waals surface area contributed by atoms with Crippen LogP contribution in [0.2, 0.25) is 0 Å². The number of hydrogen-bond donors (Lipinski definition) is 1. The minimum atomic E-state index is -0.584. The normalized spacial score (nSPS) is 9.40. The van der Waals surface area contributed by atoms with Crippen molar-refractivity contribution in [3.05, 3.63) is 34.1 Å². The highest BCUT2D eigenvalue weighted by Gasteiger charge is 2.10. The molecular formula is C10H8BrFN2O. The summed E-state index contributed by atoms with van der Waals surface area (Å²) in [6.07, 6.45) is 0.212. The molecule has 0 unspecified atom stereocenters. The molecule has 0 heterocycles. The van der Waals surface area contributed by atoms with E-state index in [-0.39, 0.29) is 18.5 Å². The number of amides is 1. The molecule has 1 N–H and O–H groups in total. The van der Waals surface area contributed by atoms with Crippen LogP contribution in [0.25, 0.3) is 0 Å². The molecule has 0 bridgehead atoms. The molecule has 0 aliphatic heterocycles. The van der Waals surface area contributed by atoms with Crippen LogP contribution in [0.5, 0.6) is 0 Å². The lowest BCUT2D eigenvalue weighted by Gasteiger charge is -2.04. The zero-order valence-electron chi connectivity index (χ0n) is 7.76. The van der Waals surface area contributed by atoms with E-state index >= 15 is 0 Å². The largest absolute Gasteiger partial charge is 0.351 e. The maximum atomic E-state index is 13.3. The second-order valence-corrected chi connectivity index (χ2v) is 3.70. The Morgan fingerprint density at radius 2 is 2.33 bits per heavy atom. The van der Waals surface area contributed by atoms with Crippen molar-refractivity contribution in [3.63, 3.8) is 0 Å². The van der Waals surface area contributed by atoms with E-state index in [1.54, 1.807) is 6.07 Å². The lowest BCUT2D eigenvalue weighted by Crippen LogP contribution is -2.25. The van der Waals surface area contributed by atoms with E-state index in [9.17, 15) is 9.18 Å². The first-order valence-corrected chi connectivity index (χ1v) is 5.04. The van der Waals surface area contributed by atoms with Gasteiger partial charge in [-0.05, 0) is 18.2 Å². The fraction of sp³-hybridized carbons (Fsp3) is 0.200. The highest BCUT2D eigenvalue weighted by atomic mass is 79.9. The van der Waals surface area contributed by atoms with E-state index in [1.807, 2.05) is 6.07 Å². The second kappa shape index (κ2) is 5.47. The van der Waals surface area contributed by atoms with Gasteiger partial charge in [0.05, 0.1) is 18.1 Å². The van der Waals surface area contributed by atoms with Gasteiger partial charge in [0.25, 0.3) is 5.91 Å². The summed E-state index contributed by atoms with van der Waals surface area (Å²) in [4.78, 5) is 11.4. The molecule has 0 saturated heterocycles. The van der Waals surface area contributed by atoms with E-state index in [0.717, 1.165) is 0 Å². The Labute approximate surface area is 95.0 Å². The van der Waals surface area contributed by atoms with Crippen LogP contribution in [0.1, 0.15) is 16.8 Å². The van der Waals surface area contributed by atoms with Crippen molar-refractivity contribution in [1.29, 1.82) is 5.26 Å². The number of benzene rings is 1. The molecule has 15 heavy (non-hydrogen) atoms. The van der Waals surface area contributed by atoms with E-state index < -0.39 is 11.7 Å². The molecule has 0 aliphatic rings. The number of carbonyl (C=O) groups excluding carboxylic acids is 1. The van der Waals surface area contributed by atoms with Crippen LogP contribution in [0.4, 0.5) is 4.39 Å². The Balaban J connectivity index is 2.70. The molecule has 0 radical (unpaired) electrons. The average molecular weight is 271 g/mol. The van der Waals surface area contributed by atoms with Gasteiger partial charge in [-0.15, -0.1) is 0 Å². The van der Waals surface area contributed by atoms with Crippen LogP contribution in [0.3, 0.4) is 0 Å². The number of nitriles is 1. The molecule has 5 heteroatoms. The molecule has 78 valence electrons. The summed E-state index contributed by atoms with van der Waals surface area (Å²) in [5.41, 5.74) is -0.0175. The Kier molecular flexibility index (Phi) is 4.25. The first kappa shape index (κ1) is 11.7. The maximum Gasteiger partial charge on any atom is 0.254 e. The van der Waals surface area contributed by atoms with Gasteiger partial charge in [0.2, 0.25) is 0 Å². The minimum absolute atomic E-state index is 0.0175. The molecule has 0 aromatic heterocycles. The molecule has 0 fully saturated rings. The SMILES string of the molecule is N#CCCNC(=O)c1ccc(Br)cc1F. The van der Waals surface area contributed by atoms with Gasteiger partial charge in [-0.25, -0.2) is 4.39 Å². The monoisotopic (exact) mass is 270 g/mol. The maximum absolute atomic E-state index is 13.3. The standard InChI is InChI=1S/C10H8BrFN2O/c11-7-2-3-8(9(12)6-7)10(15)14-5-1-4-13/h2-3,6H,1,5H2,(H,14,15). The fourth-order valence-electron chi connectivity index (χ4n) is 1.00. The first-order valence-electron chi connectivity index (χ1n) is 4.25. The number of halogens is 2. The summed E-state index contributed by atoms with van der Waals surface area (Å²) in [6.45, 7) is 0.227. The van der Waals surface area contributed by atoms with Crippen molar-refractivity contribution in [2.24, 2.45) is 0 Å². The van der Waals surface area contributed by atoms with Gasteiger partial charge >= 0.3 is 0 Å². The van der Waals surface area contributed by atoms with Crippen molar-refractivity contribution in [2.45, 2.75) is 6.42 Å². The summed E-state index contributed by atoms with van der Waals surface area (Å²) >= 11 is 3.09. The van der Waals surface area contributed by atoms with E-state index in [1.165, 1.54) is 12.1 Å². The number of hydrogen-bond acceptors (Lipinski definition) is 2. The molecule has 3 nitrogen and oxygen atoms in total. The van der Waals surface area contributed by atoms with E-state index in [0.29, 0.717) is 4.47 Å². The Bertz CT molecular complexity index is 414. The van der Waals surface area contributed by atoms with Gasteiger partial charge in [0, 0.05) is 11.0 Å². The summed E-state index contributed by atoms with van der Waals surface area (Å²) < 4.78 is 13.8. The highest BCUT2D eigenvalue weighted by molar-refractivity contribution is 9.10. The summed E-state index contributed by atoms with van der Waals surface area (Å²) in [6, 6.07) is 6.08. The van der Waals surface area contributed by atoms with Gasteiger partial charge in [-0.3, -0.25) is 4.79 Å². The van der Waals surface area contributed by atoms with Gasteiger partial charge in [0.1, 0.15) is 5.82 Å². The van der Waals surface area contributed by atoms with Crippen LogP contribution in [-0.4, -0.2) is 12.5 Å². The third-order valence-corrected chi connectivity index (χ3v) is 2.19. The third-order valence-electron chi connectivity index (χ3n) is 1.70. The van der Waals surface area contributed by atoms with Crippen LogP contribution in [0, 0.1) is 17.1 Å². The van der Waals surface area contributed by atoms with Gasteiger partial charge in [-0.1, -0.05) is 15.9 Å². The summed E-state index contributed by atoms with van der Waals surface area (Å²) in [7, 11) is 0. The lowest BCUT2D eigenvalue weighted by atomic mass is 10.2. The molecule has 0 atom stereocenters. The summed E-state index contributed by atoms with van der Waals surface area (Å²) in [5.74, 6) is -1.09. The van der Waals surface area contributed by atoms with Crippen LogP contribution < -0.4 is 5.32 Å². The van der Waals surface area contributed by atoms with Crippen molar-refractivity contribution in [2.75, 3.05) is 6.54 Å². The number of nitrogens with zero attached hydrogens (tertiary/aromatic N) is 1. The van der Waals surface area contributed by atoms with Crippen molar-refractivity contribution in [1.82, 2.24) is 5.32 Å². The molecule has 1 rings (SSSR count). The molecule has 1 aromatic rings. The van der Waals surface area contributed by atoms with Gasteiger partial charge < -0.3 is 5.32 Å². The van der Waals surface area contributed by atoms with Crippen molar-refractivity contribution < 1.29 is 9.18 Å². The fourth-order valence-corrected chi connectivity index (χ4v) is 1.33. The molecule has 1 aromatic carbocycles. The minimum Gasteiger partial charge on any atom is -0.351 e. The average Bonchev–Trinajstić information content (AvgIpc) is 2.17. The predicted octanol–water partition coefficient (Wildman–Crippen LogP) is 2.23. The zero-order chi connectivity index (χ0) is 11.3. The Hall–Kier alpha value is -1.41. The van der Waals surface area contributed by atoms with Crippen LogP contribution in [-0.2, 0) is 0 Å². The van der Waals surface area contributed by atoms with Gasteiger partial charge in [0.15, 0.2) is 0 Å². The van der Waals surface area contributed by atoms with E-state index in [2.05, 4.69) is 21.2 Å². The molecule has 0 saturated carbocycles. The second-order valence-electron chi connectivity index (χ2n) is 2.79. The smallest absolute Gasteiger partial charge is 0.254 e. The van der Waals surface area contributed by atoms with Crippen molar-refractivity contribution in [3.8, 4) is 6.07 Å². The number of nitrogens with one attached hydrogen (secondary N) is 1. The van der Waals surface area contributed by atoms with Crippen LogP contribution >= 0.6 is 15.9 Å². The Morgan fingerprint density at radius 3 is 2.93 bits per heavy atom. The summed E-state index contributed by atoms with van der Waals surface area (Å²) in [5, 5.41) is 10.7. The molecule has 0 spiro atoms. The third kappa shape index (κ3) is 3.33. The number of rotatable bonds is 3. The Morgan fingerprint density at radius 1 is 1.60 bits per heavy atom. The van der Waals surface area contributed by atoms with E-state index in [4.69, 9.17) is 5.26 Å². The highest BCUT2D eigenvalue weighted by Crippen LogP contribution is 2.14. The van der Waals surface area contributed by atoms with Crippen LogP contribution in [0.15, 0.2) is 22.7 Å². The molecular weight excluding hydrogens is 263 g/mol. The first-order chi connectivity index (χ1) is 7.15. The molecule has 1 amide bonds. The van der Waals surface area contributed by atoms with Gasteiger partial charge in [-0.2, -0.15) is 5.26 Å². The topological polar surface area (TPSA) is 52.9 Å². The lowest BCUT2D eigenvalue weighted by molar-refractivity contribution is 0.0950. The molecule has 0 aliphatic carbocycles. The number of carbonyl (C=O) groups is 1. The van der Waals surface area contributed by atoms with Crippen molar-refractivity contribution >= 4 is 21.8 Å². The predicted molar refractivity (Wildman–Crippen MR) is 56.7 cm³/mol.